The molecule has 0 aliphatic heterocycles. The van der Waals surface area contributed by atoms with Crippen molar-refractivity contribution in [2.75, 3.05) is 6.61 Å². The SMILES string of the molecule is N[C@H](CO)c1cc(I)ccc1I. The lowest BCUT2D eigenvalue weighted by Gasteiger charge is -2.10. The van der Waals surface area contributed by atoms with Crippen molar-refractivity contribution >= 4 is 45.2 Å². The first-order chi connectivity index (χ1) is 5.65. The summed E-state index contributed by atoms with van der Waals surface area (Å²) in [5.41, 5.74) is 6.72. The van der Waals surface area contributed by atoms with Gasteiger partial charge in [0, 0.05) is 7.14 Å². The van der Waals surface area contributed by atoms with Crippen LogP contribution in [0.15, 0.2) is 18.2 Å². The van der Waals surface area contributed by atoms with Gasteiger partial charge in [0.05, 0.1) is 12.6 Å². The molecule has 0 unspecified atom stereocenters. The van der Waals surface area contributed by atoms with Crippen LogP contribution in [-0.2, 0) is 0 Å². The second kappa shape index (κ2) is 4.73. The summed E-state index contributed by atoms with van der Waals surface area (Å²) in [7, 11) is 0. The lowest BCUT2D eigenvalue weighted by atomic mass is 10.1. The van der Waals surface area contributed by atoms with Crippen LogP contribution in [-0.4, -0.2) is 11.7 Å². The Hall–Kier alpha value is 0.600. The first-order valence-corrected chi connectivity index (χ1v) is 5.62. The average molecular weight is 389 g/mol. The van der Waals surface area contributed by atoms with E-state index in [2.05, 4.69) is 45.2 Å². The molecule has 0 aromatic heterocycles. The number of nitrogens with two attached hydrogens (primary N) is 1. The minimum Gasteiger partial charge on any atom is -0.394 e. The van der Waals surface area contributed by atoms with Gasteiger partial charge < -0.3 is 10.8 Å². The van der Waals surface area contributed by atoms with Crippen molar-refractivity contribution in [3.8, 4) is 0 Å². The summed E-state index contributed by atoms with van der Waals surface area (Å²) >= 11 is 4.45. The summed E-state index contributed by atoms with van der Waals surface area (Å²) in [6.45, 7) is -0.00387. The van der Waals surface area contributed by atoms with Gasteiger partial charge in [-0.3, -0.25) is 0 Å². The van der Waals surface area contributed by atoms with Crippen LogP contribution in [0.3, 0.4) is 0 Å². The summed E-state index contributed by atoms with van der Waals surface area (Å²) in [6.07, 6.45) is 0. The molecule has 0 amide bonds. The van der Waals surface area contributed by atoms with E-state index in [-0.39, 0.29) is 12.6 Å². The fraction of sp³-hybridized carbons (Fsp3) is 0.250. The van der Waals surface area contributed by atoms with Crippen LogP contribution in [0.1, 0.15) is 11.6 Å². The first-order valence-electron chi connectivity index (χ1n) is 3.46. The van der Waals surface area contributed by atoms with Gasteiger partial charge >= 0.3 is 0 Å². The van der Waals surface area contributed by atoms with E-state index < -0.39 is 0 Å². The lowest BCUT2D eigenvalue weighted by molar-refractivity contribution is 0.267. The molecule has 0 heterocycles. The zero-order chi connectivity index (χ0) is 9.14. The highest BCUT2D eigenvalue weighted by Crippen LogP contribution is 2.20. The highest BCUT2D eigenvalue weighted by Gasteiger charge is 2.08. The van der Waals surface area contributed by atoms with E-state index in [1.54, 1.807) is 0 Å². The molecule has 2 nitrogen and oxygen atoms in total. The Kier molecular flexibility index (Phi) is 4.21. The molecule has 1 rings (SSSR count). The molecule has 1 atom stereocenters. The number of benzene rings is 1. The number of halogens is 2. The number of hydrogen-bond donors (Lipinski definition) is 2. The molecule has 0 saturated heterocycles. The number of hydrogen-bond acceptors (Lipinski definition) is 2. The van der Waals surface area contributed by atoms with Gasteiger partial charge in [-0.1, -0.05) is 0 Å². The van der Waals surface area contributed by atoms with Crippen molar-refractivity contribution in [1.29, 1.82) is 0 Å². The van der Waals surface area contributed by atoms with Crippen LogP contribution in [0.25, 0.3) is 0 Å². The van der Waals surface area contributed by atoms with E-state index in [4.69, 9.17) is 10.8 Å². The third kappa shape index (κ3) is 2.54. The quantitative estimate of drug-likeness (QED) is 0.760. The zero-order valence-electron chi connectivity index (χ0n) is 6.30. The lowest BCUT2D eigenvalue weighted by Crippen LogP contribution is -2.15. The maximum absolute atomic E-state index is 8.87. The number of aliphatic hydroxyl groups excluding tert-OH is 1. The van der Waals surface area contributed by atoms with Gasteiger partial charge in [0.25, 0.3) is 0 Å². The molecule has 0 aliphatic carbocycles. The van der Waals surface area contributed by atoms with E-state index in [1.807, 2.05) is 18.2 Å². The smallest absolute Gasteiger partial charge is 0.0624 e. The molecular weight excluding hydrogens is 380 g/mol. The van der Waals surface area contributed by atoms with E-state index in [0.717, 1.165) is 12.7 Å². The molecule has 12 heavy (non-hydrogen) atoms. The Balaban J connectivity index is 3.04. The summed E-state index contributed by atoms with van der Waals surface area (Å²) in [5, 5.41) is 8.87. The summed E-state index contributed by atoms with van der Waals surface area (Å²) < 4.78 is 2.25. The fourth-order valence-electron chi connectivity index (χ4n) is 0.897. The van der Waals surface area contributed by atoms with Gasteiger partial charge in [0.1, 0.15) is 0 Å². The molecule has 0 fully saturated rings. The summed E-state index contributed by atoms with van der Waals surface area (Å²) in [6, 6.07) is 5.78. The standard InChI is InChI=1S/C8H9I2NO/c9-5-1-2-7(10)6(3-5)8(11)4-12/h1-3,8,12H,4,11H2/t8-/m1/s1. The fourth-order valence-corrected chi connectivity index (χ4v) is 2.15. The maximum atomic E-state index is 8.87. The van der Waals surface area contributed by atoms with Crippen LogP contribution >= 0.6 is 45.2 Å². The molecule has 1 aromatic rings. The molecule has 3 N–H and O–H groups in total. The first kappa shape index (κ1) is 10.7. The topological polar surface area (TPSA) is 46.2 Å². The Bertz CT molecular complexity index is 278. The van der Waals surface area contributed by atoms with Gasteiger partial charge in [-0.25, -0.2) is 0 Å². The molecule has 66 valence electrons. The van der Waals surface area contributed by atoms with Gasteiger partial charge in [-0.15, -0.1) is 0 Å². The van der Waals surface area contributed by atoms with Crippen molar-refractivity contribution in [3.05, 3.63) is 30.9 Å². The molecule has 0 spiro atoms. The van der Waals surface area contributed by atoms with Crippen molar-refractivity contribution in [2.24, 2.45) is 5.73 Å². The number of rotatable bonds is 2. The van der Waals surface area contributed by atoms with Gasteiger partial charge in [-0.05, 0) is 68.9 Å². The van der Waals surface area contributed by atoms with Crippen LogP contribution in [0.2, 0.25) is 0 Å². The van der Waals surface area contributed by atoms with Gasteiger partial charge in [0.15, 0.2) is 0 Å². The Morgan fingerprint density at radius 2 is 2.08 bits per heavy atom. The molecule has 4 heteroatoms. The monoisotopic (exact) mass is 389 g/mol. The highest BCUT2D eigenvalue weighted by atomic mass is 127. The van der Waals surface area contributed by atoms with E-state index in [9.17, 15) is 0 Å². The normalized spacial score (nSPS) is 13.0. The Morgan fingerprint density at radius 1 is 1.42 bits per heavy atom. The van der Waals surface area contributed by atoms with E-state index >= 15 is 0 Å². The Labute approximate surface area is 98.8 Å². The third-order valence-corrected chi connectivity index (χ3v) is 3.21. The molecule has 0 bridgehead atoms. The minimum atomic E-state index is -0.258. The zero-order valence-corrected chi connectivity index (χ0v) is 10.6. The molecule has 0 aliphatic rings. The van der Waals surface area contributed by atoms with Crippen LogP contribution in [0.4, 0.5) is 0 Å². The molecular formula is C8H9I2NO. The number of aliphatic hydroxyl groups is 1. The van der Waals surface area contributed by atoms with Crippen LogP contribution in [0, 0.1) is 7.14 Å². The van der Waals surface area contributed by atoms with Crippen LogP contribution < -0.4 is 5.73 Å². The van der Waals surface area contributed by atoms with E-state index in [1.165, 1.54) is 0 Å². The Morgan fingerprint density at radius 3 is 2.67 bits per heavy atom. The molecule has 0 saturated carbocycles. The van der Waals surface area contributed by atoms with E-state index in [0.29, 0.717) is 0 Å². The average Bonchev–Trinajstić information content (AvgIpc) is 2.08. The second-order valence-electron chi connectivity index (χ2n) is 2.45. The van der Waals surface area contributed by atoms with Crippen molar-refractivity contribution < 1.29 is 5.11 Å². The summed E-state index contributed by atoms with van der Waals surface area (Å²) in [4.78, 5) is 0. The van der Waals surface area contributed by atoms with Gasteiger partial charge in [-0.2, -0.15) is 0 Å². The van der Waals surface area contributed by atoms with Gasteiger partial charge in [0.2, 0.25) is 0 Å². The predicted octanol–water partition coefficient (Wildman–Crippen LogP) is 1.89. The van der Waals surface area contributed by atoms with Crippen molar-refractivity contribution in [2.45, 2.75) is 6.04 Å². The van der Waals surface area contributed by atoms with Crippen LogP contribution in [0.5, 0.6) is 0 Å². The minimum absolute atomic E-state index is 0.00387. The highest BCUT2D eigenvalue weighted by molar-refractivity contribution is 14.1. The largest absolute Gasteiger partial charge is 0.394 e. The third-order valence-electron chi connectivity index (χ3n) is 1.55. The predicted molar refractivity (Wildman–Crippen MR) is 65.9 cm³/mol. The maximum Gasteiger partial charge on any atom is 0.0624 e. The molecule has 1 aromatic carbocycles. The summed E-state index contributed by atoms with van der Waals surface area (Å²) in [5.74, 6) is 0. The second-order valence-corrected chi connectivity index (χ2v) is 4.86. The van der Waals surface area contributed by atoms with Crippen molar-refractivity contribution in [1.82, 2.24) is 0 Å². The molecule has 0 radical (unpaired) electrons. The van der Waals surface area contributed by atoms with Crippen molar-refractivity contribution in [3.63, 3.8) is 0 Å².